The smallest absolute Gasteiger partial charge is 0.0273 e. The number of rotatable bonds is 2. The van der Waals surface area contributed by atoms with Crippen molar-refractivity contribution in [3.05, 3.63) is 34.9 Å². The summed E-state index contributed by atoms with van der Waals surface area (Å²) in [6.07, 6.45) is 0. The molecule has 0 spiro atoms. The molecule has 20 heavy (non-hydrogen) atoms. The second kappa shape index (κ2) is 5.87. The van der Waals surface area contributed by atoms with Gasteiger partial charge in [0.2, 0.25) is 0 Å². The zero-order valence-corrected chi connectivity index (χ0v) is 14.0. The van der Waals surface area contributed by atoms with Gasteiger partial charge in [0.25, 0.3) is 0 Å². The molecule has 0 aliphatic carbocycles. The summed E-state index contributed by atoms with van der Waals surface area (Å²) in [7, 11) is 0. The van der Waals surface area contributed by atoms with Crippen molar-refractivity contribution >= 4 is 0 Å². The van der Waals surface area contributed by atoms with Crippen LogP contribution in [0.15, 0.2) is 18.2 Å². The molecule has 1 aliphatic heterocycles. The Kier molecular flexibility index (Phi) is 4.55. The van der Waals surface area contributed by atoms with Gasteiger partial charge in [-0.3, -0.25) is 4.90 Å². The van der Waals surface area contributed by atoms with Gasteiger partial charge < -0.3 is 5.32 Å². The lowest BCUT2D eigenvalue weighted by Crippen LogP contribution is -2.59. The van der Waals surface area contributed by atoms with Crippen LogP contribution in [0.5, 0.6) is 0 Å². The summed E-state index contributed by atoms with van der Waals surface area (Å²) in [5, 5.41) is 3.64. The van der Waals surface area contributed by atoms with E-state index in [9.17, 15) is 0 Å². The number of nitrogens with one attached hydrogen (secondary N) is 1. The first-order valence-electron chi connectivity index (χ1n) is 7.81. The highest BCUT2D eigenvalue weighted by Crippen LogP contribution is 2.28. The van der Waals surface area contributed by atoms with Crippen LogP contribution in [0.2, 0.25) is 0 Å². The molecule has 2 heteroatoms. The third-order valence-electron chi connectivity index (χ3n) is 4.49. The van der Waals surface area contributed by atoms with Crippen LogP contribution in [0.25, 0.3) is 0 Å². The van der Waals surface area contributed by atoms with Gasteiger partial charge in [-0.05, 0) is 37.3 Å². The minimum atomic E-state index is 0.310. The van der Waals surface area contributed by atoms with E-state index in [2.05, 4.69) is 70.0 Å². The predicted molar refractivity (Wildman–Crippen MR) is 87.0 cm³/mol. The summed E-state index contributed by atoms with van der Waals surface area (Å²) in [4.78, 5) is 2.67. The van der Waals surface area contributed by atoms with Crippen molar-refractivity contribution in [2.24, 2.45) is 5.41 Å². The van der Waals surface area contributed by atoms with Crippen LogP contribution in [0.3, 0.4) is 0 Å². The zero-order chi connectivity index (χ0) is 14.9. The molecule has 2 nitrogen and oxygen atoms in total. The molecule has 1 aromatic carbocycles. The van der Waals surface area contributed by atoms with Crippen LogP contribution in [0.1, 0.15) is 44.4 Å². The van der Waals surface area contributed by atoms with Crippen molar-refractivity contribution < 1.29 is 0 Å². The molecule has 2 unspecified atom stereocenters. The number of hydrogen-bond donors (Lipinski definition) is 1. The van der Waals surface area contributed by atoms with Crippen molar-refractivity contribution in [1.29, 1.82) is 0 Å². The molecule has 0 amide bonds. The normalized spacial score (nSPS) is 24.9. The fourth-order valence-corrected chi connectivity index (χ4v) is 3.20. The number of benzene rings is 1. The molecule has 1 saturated heterocycles. The molecular weight excluding hydrogens is 244 g/mol. The Morgan fingerprint density at radius 3 is 2.60 bits per heavy atom. The lowest BCUT2D eigenvalue weighted by Gasteiger charge is -2.46. The fraction of sp³-hybridized carbons (Fsp3) is 0.667. The van der Waals surface area contributed by atoms with Gasteiger partial charge in [-0.2, -0.15) is 0 Å². The predicted octanol–water partition coefficient (Wildman–Crippen LogP) is 3.51. The minimum absolute atomic E-state index is 0.310. The van der Waals surface area contributed by atoms with E-state index < -0.39 is 0 Å². The summed E-state index contributed by atoms with van der Waals surface area (Å²) >= 11 is 0. The lowest BCUT2D eigenvalue weighted by atomic mass is 9.83. The number of aryl methyl sites for hydroxylation is 2. The Morgan fingerprint density at radius 2 is 1.95 bits per heavy atom. The first-order valence-corrected chi connectivity index (χ1v) is 7.81. The SMILES string of the molecule is Cc1ccc(C)c(CN2CC(C)NCC2C(C)(C)C)c1. The molecule has 1 N–H and O–H groups in total. The van der Waals surface area contributed by atoms with E-state index >= 15 is 0 Å². The maximum Gasteiger partial charge on any atom is 0.0273 e. The number of hydrogen-bond acceptors (Lipinski definition) is 2. The van der Waals surface area contributed by atoms with Crippen LogP contribution in [-0.4, -0.2) is 30.1 Å². The van der Waals surface area contributed by atoms with Crippen molar-refractivity contribution in [3.63, 3.8) is 0 Å². The highest BCUT2D eigenvalue weighted by molar-refractivity contribution is 5.30. The highest BCUT2D eigenvalue weighted by Gasteiger charge is 2.34. The second-order valence-electron chi connectivity index (χ2n) is 7.55. The number of nitrogens with zero attached hydrogens (tertiary/aromatic N) is 1. The van der Waals surface area contributed by atoms with Gasteiger partial charge in [-0.1, -0.05) is 44.5 Å². The summed E-state index contributed by atoms with van der Waals surface area (Å²) in [6.45, 7) is 17.1. The Morgan fingerprint density at radius 1 is 1.25 bits per heavy atom. The minimum Gasteiger partial charge on any atom is -0.311 e. The van der Waals surface area contributed by atoms with Crippen LogP contribution in [-0.2, 0) is 6.54 Å². The van der Waals surface area contributed by atoms with Gasteiger partial charge in [-0.25, -0.2) is 0 Å². The van der Waals surface area contributed by atoms with Crippen molar-refractivity contribution in [2.45, 2.75) is 60.2 Å². The maximum absolute atomic E-state index is 3.64. The molecule has 0 bridgehead atoms. The Bertz CT molecular complexity index is 459. The van der Waals surface area contributed by atoms with Crippen LogP contribution < -0.4 is 5.32 Å². The van der Waals surface area contributed by atoms with Crippen LogP contribution >= 0.6 is 0 Å². The summed E-state index contributed by atoms with van der Waals surface area (Å²) in [6, 6.07) is 7.99. The molecule has 0 saturated carbocycles. The summed E-state index contributed by atoms with van der Waals surface area (Å²) < 4.78 is 0. The third kappa shape index (κ3) is 3.62. The average Bonchev–Trinajstić information content (AvgIpc) is 2.32. The second-order valence-corrected chi connectivity index (χ2v) is 7.55. The van der Waals surface area contributed by atoms with E-state index in [-0.39, 0.29) is 0 Å². The van der Waals surface area contributed by atoms with Gasteiger partial charge in [0.1, 0.15) is 0 Å². The monoisotopic (exact) mass is 274 g/mol. The molecule has 2 atom stereocenters. The third-order valence-corrected chi connectivity index (χ3v) is 4.49. The number of piperazine rings is 1. The lowest BCUT2D eigenvalue weighted by molar-refractivity contribution is 0.0524. The quantitative estimate of drug-likeness (QED) is 0.888. The fourth-order valence-electron chi connectivity index (χ4n) is 3.20. The van der Waals surface area contributed by atoms with Gasteiger partial charge in [0.15, 0.2) is 0 Å². The highest BCUT2D eigenvalue weighted by atomic mass is 15.2. The molecular formula is C18H30N2. The van der Waals surface area contributed by atoms with Crippen LogP contribution in [0.4, 0.5) is 0 Å². The molecule has 1 aliphatic rings. The molecule has 112 valence electrons. The van der Waals surface area contributed by atoms with Gasteiger partial charge in [-0.15, -0.1) is 0 Å². The van der Waals surface area contributed by atoms with Gasteiger partial charge in [0, 0.05) is 31.7 Å². The van der Waals surface area contributed by atoms with Crippen molar-refractivity contribution in [1.82, 2.24) is 10.2 Å². The Hall–Kier alpha value is -0.860. The van der Waals surface area contributed by atoms with E-state index in [4.69, 9.17) is 0 Å². The van der Waals surface area contributed by atoms with E-state index in [0.717, 1.165) is 19.6 Å². The van der Waals surface area contributed by atoms with E-state index in [0.29, 0.717) is 17.5 Å². The molecule has 1 heterocycles. The Labute approximate surface area is 124 Å². The first-order chi connectivity index (χ1) is 9.27. The van der Waals surface area contributed by atoms with E-state index in [1.54, 1.807) is 0 Å². The molecule has 2 rings (SSSR count). The largest absolute Gasteiger partial charge is 0.311 e. The zero-order valence-electron chi connectivity index (χ0n) is 14.0. The molecule has 1 aromatic rings. The topological polar surface area (TPSA) is 15.3 Å². The van der Waals surface area contributed by atoms with E-state index in [1.165, 1.54) is 16.7 Å². The van der Waals surface area contributed by atoms with Crippen molar-refractivity contribution in [2.75, 3.05) is 13.1 Å². The molecule has 1 fully saturated rings. The molecule has 0 radical (unpaired) electrons. The standard InChI is InChI=1S/C18H30N2/c1-13-7-8-14(2)16(9-13)12-20-11-15(3)19-10-17(20)18(4,5)6/h7-9,15,17,19H,10-12H2,1-6H3. The maximum atomic E-state index is 3.64. The first kappa shape index (κ1) is 15.5. The summed E-state index contributed by atoms with van der Waals surface area (Å²) in [5.41, 5.74) is 4.56. The van der Waals surface area contributed by atoms with Gasteiger partial charge >= 0.3 is 0 Å². The van der Waals surface area contributed by atoms with Crippen LogP contribution in [0, 0.1) is 19.3 Å². The van der Waals surface area contributed by atoms with Crippen molar-refractivity contribution in [3.8, 4) is 0 Å². The summed E-state index contributed by atoms with van der Waals surface area (Å²) in [5.74, 6) is 0. The average molecular weight is 274 g/mol. The Balaban J connectivity index is 2.21. The molecule has 0 aromatic heterocycles. The van der Waals surface area contributed by atoms with E-state index in [1.807, 2.05) is 0 Å². The van der Waals surface area contributed by atoms with Gasteiger partial charge in [0.05, 0.1) is 0 Å².